The molecule has 0 saturated carbocycles. The van der Waals surface area contributed by atoms with E-state index in [2.05, 4.69) is 58.5 Å². The van der Waals surface area contributed by atoms with Gasteiger partial charge in [0.2, 0.25) is 10.0 Å². The molecule has 0 amide bonds. The van der Waals surface area contributed by atoms with Gasteiger partial charge in [-0.25, -0.2) is 24.0 Å². The minimum atomic E-state index is -3.55. The number of hydrogen-bond donors (Lipinski definition) is 5. The van der Waals surface area contributed by atoms with E-state index in [9.17, 15) is 8.42 Å². The lowest BCUT2D eigenvalue weighted by Gasteiger charge is -2.12. The van der Waals surface area contributed by atoms with Gasteiger partial charge in [0.15, 0.2) is 0 Å². The van der Waals surface area contributed by atoms with Crippen LogP contribution in [0, 0.1) is 0 Å². The van der Waals surface area contributed by atoms with Crippen molar-refractivity contribution in [3.63, 3.8) is 0 Å². The maximum Gasteiger partial charge on any atom is 0.241 e. The van der Waals surface area contributed by atoms with Crippen molar-refractivity contribution in [2.75, 3.05) is 6.54 Å². The van der Waals surface area contributed by atoms with Crippen LogP contribution in [0.25, 0.3) is 0 Å². The Kier molecular flexibility index (Phi) is 4.72. The number of sulfonamides is 1. The molecule has 0 unspecified atom stereocenters. The molecule has 0 aromatic heterocycles. The van der Waals surface area contributed by atoms with Crippen LogP contribution in [0.5, 0.6) is 0 Å². The van der Waals surface area contributed by atoms with Gasteiger partial charge in [0, 0.05) is 15.5 Å². The zero-order valence-corrected chi connectivity index (χ0v) is 13.0. The Morgan fingerprint density at radius 3 is 2.50 bits per heavy atom. The topological polar surface area (TPSA) is 94.3 Å². The van der Waals surface area contributed by atoms with Crippen molar-refractivity contribution in [1.29, 1.82) is 0 Å². The number of halogens is 2. The molecule has 18 heavy (non-hydrogen) atoms. The van der Waals surface area contributed by atoms with Crippen LogP contribution in [0.1, 0.15) is 0 Å². The maximum atomic E-state index is 12.1. The van der Waals surface area contributed by atoms with Gasteiger partial charge in [-0.1, -0.05) is 15.9 Å². The molecule has 1 aromatic carbocycles. The van der Waals surface area contributed by atoms with Crippen LogP contribution >= 0.6 is 31.9 Å². The summed E-state index contributed by atoms with van der Waals surface area (Å²) in [5.74, 6) is 0. The summed E-state index contributed by atoms with van der Waals surface area (Å²) in [6.45, 7) is 0.199. The summed E-state index contributed by atoms with van der Waals surface area (Å²) in [6.07, 6.45) is -0.228. The lowest BCUT2D eigenvalue weighted by Crippen LogP contribution is -2.44. The normalized spacial score (nSPS) is 17.2. The standard InChI is InChI=1S/C8H11Br2N5O2S/c9-5-1-2-7(6(10)3-5)18(16,17)11-4-8-12-14-15-13-8/h1-3,8,11-15H,4H2. The number of rotatable bonds is 4. The van der Waals surface area contributed by atoms with Crippen LogP contribution in [0.15, 0.2) is 32.0 Å². The molecule has 1 heterocycles. The second-order valence-electron chi connectivity index (χ2n) is 3.52. The van der Waals surface area contributed by atoms with Crippen molar-refractivity contribution in [3.8, 4) is 0 Å². The van der Waals surface area contributed by atoms with Gasteiger partial charge in [0.25, 0.3) is 0 Å². The highest BCUT2D eigenvalue weighted by molar-refractivity contribution is 9.11. The summed E-state index contributed by atoms with van der Waals surface area (Å²) < 4.78 is 27.9. The van der Waals surface area contributed by atoms with E-state index in [0.717, 1.165) is 4.47 Å². The van der Waals surface area contributed by atoms with Crippen LogP contribution in [0.2, 0.25) is 0 Å². The molecule has 10 heteroatoms. The summed E-state index contributed by atoms with van der Waals surface area (Å²) in [7, 11) is -3.55. The molecule has 0 atom stereocenters. The monoisotopic (exact) mass is 399 g/mol. The van der Waals surface area contributed by atoms with Crippen molar-refractivity contribution < 1.29 is 8.42 Å². The van der Waals surface area contributed by atoms with E-state index in [-0.39, 0.29) is 17.6 Å². The van der Waals surface area contributed by atoms with Gasteiger partial charge in [-0.15, -0.1) is 0 Å². The molecule has 1 aliphatic heterocycles. The molecule has 100 valence electrons. The first-order valence-corrected chi connectivity index (χ1v) is 8.02. The third-order valence-corrected chi connectivity index (χ3v) is 5.11. The van der Waals surface area contributed by atoms with Gasteiger partial charge in [-0.3, -0.25) is 0 Å². The number of hydrazine groups is 3. The van der Waals surface area contributed by atoms with Gasteiger partial charge in [0.1, 0.15) is 0 Å². The number of benzene rings is 1. The van der Waals surface area contributed by atoms with Crippen LogP contribution in [-0.2, 0) is 10.0 Å². The molecule has 0 bridgehead atoms. The first-order chi connectivity index (χ1) is 8.49. The van der Waals surface area contributed by atoms with Crippen LogP contribution in [-0.4, -0.2) is 21.1 Å². The molecule has 1 saturated heterocycles. The largest absolute Gasteiger partial charge is 0.241 e. The van der Waals surface area contributed by atoms with Crippen molar-refractivity contribution >= 4 is 41.9 Å². The fourth-order valence-electron chi connectivity index (χ4n) is 1.35. The Morgan fingerprint density at radius 1 is 1.22 bits per heavy atom. The molecule has 1 aromatic rings. The molecule has 1 aliphatic rings. The van der Waals surface area contributed by atoms with E-state index in [1.165, 1.54) is 6.07 Å². The molecular weight excluding hydrogens is 390 g/mol. The van der Waals surface area contributed by atoms with E-state index in [1.807, 2.05) is 0 Å². The molecule has 1 fully saturated rings. The highest BCUT2D eigenvalue weighted by atomic mass is 79.9. The van der Waals surface area contributed by atoms with Crippen molar-refractivity contribution in [1.82, 2.24) is 26.6 Å². The Bertz CT molecular complexity index is 532. The number of nitrogens with one attached hydrogen (secondary N) is 5. The van der Waals surface area contributed by atoms with Crippen molar-refractivity contribution in [2.45, 2.75) is 11.1 Å². The predicted octanol–water partition coefficient (Wildman–Crippen LogP) is -0.0670. The van der Waals surface area contributed by atoms with Gasteiger partial charge < -0.3 is 0 Å². The Balaban J connectivity index is 2.09. The molecule has 0 spiro atoms. The summed E-state index contributed by atoms with van der Waals surface area (Å²) in [6, 6.07) is 4.89. The van der Waals surface area contributed by atoms with E-state index < -0.39 is 10.0 Å². The fraction of sp³-hybridized carbons (Fsp3) is 0.250. The Hall–Kier alpha value is -0.0700. The quantitative estimate of drug-likeness (QED) is 0.486. The van der Waals surface area contributed by atoms with Crippen LogP contribution in [0.4, 0.5) is 0 Å². The maximum absolute atomic E-state index is 12.1. The summed E-state index contributed by atoms with van der Waals surface area (Å²) in [5, 5.41) is 0. The molecular formula is C8H11Br2N5O2S. The average molecular weight is 401 g/mol. The third-order valence-electron chi connectivity index (χ3n) is 2.22. The zero-order chi connectivity index (χ0) is 13.2. The number of hydrogen-bond acceptors (Lipinski definition) is 6. The van der Waals surface area contributed by atoms with Crippen LogP contribution < -0.4 is 26.6 Å². The van der Waals surface area contributed by atoms with Crippen LogP contribution in [0.3, 0.4) is 0 Å². The van der Waals surface area contributed by atoms with E-state index in [1.54, 1.807) is 12.1 Å². The highest BCUT2D eigenvalue weighted by Gasteiger charge is 2.20. The summed E-state index contributed by atoms with van der Waals surface area (Å²) in [5.41, 5.74) is 10.8. The first kappa shape index (κ1) is 14.3. The molecule has 0 radical (unpaired) electrons. The average Bonchev–Trinajstić information content (AvgIpc) is 2.78. The Labute approximate surface area is 121 Å². The minimum absolute atomic E-state index is 0.199. The molecule has 2 rings (SSSR count). The molecule has 7 nitrogen and oxygen atoms in total. The second kappa shape index (κ2) is 5.92. The fourth-order valence-corrected chi connectivity index (χ4v) is 4.14. The summed E-state index contributed by atoms with van der Waals surface area (Å²) >= 11 is 6.51. The van der Waals surface area contributed by atoms with Gasteiger partial charge in [-0.05, 0) is 34.1 Å². The van der Waals surface area contributed by atoms with Gasteiger partial charge >= 0.3 is 0 Å². The Morgan fingerprint density at radius 2 is 1.89 bits per heavy atom. The predicted molar refractivity (Wildman–Crippen MR) is 73.4 cm³/mol. The van der Waals surface area contributed by atoms with E-state index in [4.69, 9.17) is 0 Å². The lowest BCUT2D eigenvalue weighted by atomic mass is 10.4. The smallest absolute Gasteiger partial charge is 0.223 e. The van der Waals surface area contributed by atoms with Crippen molar-refractivity contribution in [3.05, 3.63) is 27.1 Å². The molecule has 0 aliphatic carbocycles. The van der Waals surface area contributed by atoms with Crippen molar-refractivity contribution in [2.24, 2.45) is 0 Å². The second-order valence-corrected chi connectivity index (χ2v) is 7.02. The summed E-state index contributed by atoms with van der Waals surface area (Å²) in [4.78, 5) is 0.199. The highest BCUT2D eigenvalue weighted by Crippen LogP contribution is 2.25. The first-order valence-electron chi connectivity index (χ1n) is 4.95. The SMILES string of the molecule is O=S(=O)(NCC1NNNN1)c1ccc(Br)cc1Br. The minimum Gasteiger partial charge on any atom is -0.223 e. The zero-order valence-electron chi connectivity index (χ0n) is 9.00. The molecule has 5 N–H and O–H groups in total. The lowest BCUT2D eigenvalue weighted by molar-refractivity contribution is 0.505. The van der Waals surface area contributed by atoms with Gasteiger partial charge in [0.05, 0.1) is 11.1 Å². The van der Waals surface area contributed by atoms with Gasteiger partial charge in [-0.2, -0.15) is 11.1 Å². The van der Waals surface area contributed by atoms with E-state index in [0.29, 0.717) is 4.47 Å². The van der Waals surface area contributed by atoms with E-state index >= 15 is 0 Å². The third kappa shape index (κ3) is 3.48.